The number of hydrogen-bond acceptors (Lipinski definition) is 3. The molecule has 16 heavy (non-hydrogen) atoms. The fourth-order valence-electron chi connectivity index (χ4n) is 2.01. The summed E-state index contributed by atoms with van der Waals surface area (Å²) in [5.74, 6) is 0.683. The van der Waals surface area contributed by atoms with Crippen LogP contribution in [0.4, 0.5) is 5.69 Å². The summed E-state index contributed by atoms with van der Waals surface area (Å²) in [5, 5.41) is 0. The summed E-state index contributed by atoms with van der Waals surface area (Å²) in [5.41, 5.74) is 8.50. The summed E-state index contributed by atoms with van der Waals surface area (Å²) in [6, 6.07) is 3.99. The lowest BCUT2D eigenvalue weighted by molar-refractivity contribution is -0.125. The molecule has 4 nitrogen and oxygen atoms in total. The molecule has 0 saturated carbocycles. The fourth-order valence-corrected chi connectivity index (χ4v) is 2.01. The summed E-state index contributed by atoms with van der Waals surface area (Å²) < 4.78 is 5.63. The summed E-state index contributed by atoms with van der Waals surface area (Å²) >= 11 is 0. The Morgan fingerprint density at radius 3 is 2.75 bits per heavy atom. The van der Waals surface area contributed by atoms with Crippen molar-refractivity contribution in [1.82, 2.24) is 0 Å². The molecule has 2 rings (SSSR count). The summed E-state index contributed by atoms with van der Waals surface area (Å²) in [6.45, 7) is 4.18. The summed E-state index contributed by atoms with van der Waals surface area (Å²) in [6.07, 6.45) is -0.557. The van der Waals surface area contributed by atoms with Crippen molar-refractivity contribution < 1.29 is 9.53 Å². The van der Waals surface area contributed by atoms with E-state index in [9.17, 15) is 4.79 Å². The van der Waals surface area contributed by atoms with Crippen LogP contribution in [-0.4, -0.2) is 25.6 Å². The number of amides is 1. The van der Waals surface area contributed by atoms with Gasteiger partial charge in [0.25, 0.3) is 5.91 Å². The first kappa shape index (κ1) is 11.0. The Labute approximate surface area is 95.0 Å². The first-order valence-corrected chi connectivity index (χ1v) is 5.30. The van der Waals surface area contributed by atoms with Crippen LogP contribution >= 0.6 is 0 Å². The Morgan fingerprint density at radius 2 is 2.12 bits per heavy atom. The molecule has 1 heterocycles. The van der Waals surface area contributed by atoms with Gasteiger partial charge in [0.05, 0.1) is 5.69 Å². The van der Waals surface area contributed by atoms with Crippen molar-refractivity contribution in [3.05, 3.63) is 23.3 Å². The first-order valence-electron chi connectivity index (χ1n) is 5.30. The molecule has 1 unspecified atom stereocenters. The van der Waals surface area contributed by atoms with Crippen molar-refractivity contribution in [3.63, 3.8) is 0 Å². The number of hydrogen-bond donors (Lipinski definition) is 1. The van der Waals surface area contributed by atoms with Crippen LogP contribution in [0.1, 0.15) is 11.1 Å². The van der Waals surface area contributed by atoms with Crippen molar-refractivity contribution >= 4 is 11.6 Å². The van der Waals surface area contributed by atoms with Gasteiger partial charge in [0.1, 0.15) is 5.75 Å². The molecule has 0 bridgehead atoms. The minimum absolute atomic E-state index is 0.0833. The first-order chi connectivity index (χ1) is 7.54. The van der Waals surface area contributed by atoms with Crippen molar-refractivity contribution in [3.8, 4) is 5.75 Å². The number of benzene rings is 1. The van der Waals surface area contributed by atoms with Crippen LogP contribution < -0.4 is 15.4 Å². The predicted molar refractivity (Wildman–Crippen MR) is 62.8 cm³/mol. The van der Waals surface area contributed by atoms with E-state index in [1.807, 2.05) is 26.0 Å². The number of fused-ring (bicyclic) bond motifs is 1. The second-order valence-electron chi connectivity index (χ2n) is 4.17. The van der Waals surface area contributed by atoms with Gasteiger partial charge in [-0.1, -0.05) is 6.07 Å². The quantitative estimate of drug-likeness (QED) is 0.767. The highest BCUT2D eigenvalue weighted by Gasteiger charge is 2.32. The van der Waals surface area contributed by atoms with E-state index >= 15 is 0 Å². The van der Waals surface area contributed by atoms with E-state index in [1.54, 1.807) is 11.9 Å². The van der Waals surface area contributed by atoms with E-state index < -0.39 is 6.10 Å². The van der Waals surface area contributed by atoms with Crippen molar-refractivity contribution in [2.45, 2.75) is 20.0 Å². The van der Waals surface area contributed by atoms with Crippen LogP contribution in [0.2, 0.25) is 0 Å². The molecule has 0 saturated heterocycles. The van der Waals surface area contributed by atoms with Gasteiger partial charge in [-0.2, -0.15) is 0 Å². The smallest absolute Gasteiger partial charge is 0.269 e. The Morgan fingerprint density at radius 1 is 1.44 bits per heavy atom. The molecule has 1 aliphatic rings. The lowest BCUT2D eigenvalue weighted by Gasteiger charge is -2.32. The SMILES string of the molecule is Cc1cc(C)c2c(c1)N(C)C(=O)C(CN)O2. The van der Waals surface area contributed by atoms with E-state index in [2.05, 4.69) is 0 Å². The topological polar surface area (TPSA) is 55.6 Å². The van der Waals surface area contributed by atoms with Gasteiger partial charge in [0.15, 0.2) is 6.10 Å². The van der Waals surface area contributed by atoms with Gasteiger partial charge in [-0.15, -0.1) is 0 Å². The maximum Gasteiger partial charge on any atom is 0.269 e. The molecule has 1 atom stereocenters. The van der Waals surface area contributed by atoms with E-state index in [1.165, 1.54) is 0 Å². The van der Waals surface area contributed by atoms with E-state index in [4.69, 9.17) is 10.5 Å². The Kier molecular flexibility index (Phi) is 2.59. The zero-order valence-electron chi connectivity index (χ0n) is 9.78. The monoisotopic (exact) mass is 220 g/mol. The normalized spacial score (nSPS) is 19.4. The highest BCUT2D eigenvalue weighted by molar-refractivity contribution is 6.00. The number of carbonyl (C=O) groups is 1. The molecular formula is C12H16N2O2. The lowest BCUT2D eigenvalue weighted by Crippen LogP contribution is -2.47. The molecule has 1 amide bonds. The second-order valence-corrected chi connectivity index (χ2v) is 4.17. The maximum absolute atomic E-state index is 11.9. The lowest BCUT2D eigenvalue weighted by atomic mass is 10.1. The van der Waals surface area contributed by atoms with Crippen molar-refractivity contribution in [2.24, 2.45) is 5.73 Å². The van der Waals surface area contributed by atoms with E-state index in [0.717, 1.165) is 22.6 Å². The van der Waals surface area contributed by atoms with Crippen LogP contribution in [0.15, 0.2) is 12.1 Å². The zero-order chi connectivity index (χ0) is 11.9. The van der Waals surface area contributed by atoms with Crippen LogP contribution in [0.5, 0.6) is 5.75 Å². The molecule has 4 heteroatoms. The Hall–Kier alpha value is -1.55. The summed E-state index contributed by atoms with van der Waals surface area (Å²) in [7, 11) is 1.76. The van der Waals surface area contributed by atoms with Gasteiger partial charge in [-0.05, 0) is 31.0 Å². The number of likely N-dealkylation sites (N-methyl/N-ethyl adjacent to an activating group) is 1. The number of nitrogens with zero attached hydrogens (tertiary/aromatic N) is 1. The largest absolute Gasteiger partial charge is 0.477 e. The van der Waals surface area contributed by atoms with E-state index in [-0.39, 0.29) is 12.5 Å². The molecule has 86 valence electrons. The summed E-state index contributed by atoms with van der Waals surface area (Å²) in [4.78, 5) is 13.5. The van der Waals surface area contributed by atoms with Gasteiger partial charge in [-0.25, -0.2) is 0 Å². The average molecular weight is 220 g/mol. The Balaban J connectivity index is 2.54. The Bertz CT molecular complexity index is 443. The third-order valence-corrected chi connectivity index (χ3v) is 2.84. The van der Waals surface area contributed by atoms with Gasteiger partial charge in [0, 0.05) is 13.6 Å². The number of anilines is 1. The van der Waals surface area contributed by atoms with Gasteiger partial charge in [-0.3, -0.25) is 4.79 Å². The number of aryl methyl sites for hydroxylation is 2. The molecule has 2 N–H and O–H groups in total. The maximum atomic E-state index is 11.9. The zero-order valence-corrected chi connectivity index (χ0v) is 9.78. The standard InChI is InChI=1S/C12H16N2O2/c1-7-4-8(2)11-9(5-7)14(3)12(15)10(6-13)16-11/h4-5,10H,6,13H2,1-3H3. The fraction of sp³-hybridized carbons (Fsp3) is 0.417. The molecule has 1 aliphatic heterocycles. The second kappa shape index (κ2) is 3.79. The molecule has 0 aromatic heterocycles. The number of rotatable bonds is 1. The van der Waals surface area contributed by atoms with Gasteiger partial charge < -0.3 is 15.4 Å². The molecule has 0 spiro atoms. The van der Waals surface area contributed by atoms with Crippen molar-refractivity contribution in [1.29, 1.82) is 0 Å². The number of carbonyl (C=O) groups excluding carboxylic acids is 1. The average Bonchev–Trinajstić information content (AvgIpc) is 2.24. The molecule has 0 aliphatic carbocycles. The highest BCUT2D eigenvalue weighted by Crippen LogP contribution is 2.36. The minimum atomic E-state index is -0.557. The number of ether oxygens (including phenoxy) is 1. The molecule has 1 aromatic rings. The number of nitrogens with two attached hydrogens (primary N) is 1. The van der Waals surface area contributed by atoms with Crippen LogP contribution in [-0.2, 0) is 4.79 Å². The van der Waals surface area contributed by atoms with Crippen LogP contribution in [0, 0.1) is 13.8 Å². The van der Waals surface area contributed by atoms with Gasteiger partial charge >= 0.3 is 0 Å². The third-order valence-electron chi connectivity index (χ3n) is 2.84. The van der Waals surface area contributed by atoms with Crippen LogP contribution in [0.25, 0.3) is 0 Å². The molecule has 0 fully saturated rings. The minimum Gasteiger partial charge on any atom is -0.477 e. The van der Waals surface area contributed by atoms with Gasteiger partial charge in [0.2, 0.25) is 0 Å². The van der Waals surface area contributed by atoms with E-state index in [0.29, 0.717) is 0 Å². The molecule has 1 aromatic carbocycles. The molecular weight excluding hydrogens is 204 g/mol. The van der Waals surface area contributed by atoms with Crippen molar-refractivity contribution in [2.75, 3.05) is 18.5 Å². The van der Waals surface area contributed by atoms with Crippen LogP contribution in [0.3, 0.4) is 0 Å². The predicted octanol–water partition coefficient (Wildman–Crippen LogP) is 0.986. The third kappa shape index (κ3) is 1.55. The highest BCUT2D eigenvalue weighted by atomic mass is 16.5. The molecule has 0 radical (unpaired) electrons.